The van der Waals surface area contributed by atoms with Crippen LogP contribution >= 0.6 is 11.3 Å². The minimum absolute atomic E-state index is 0.0955. The van der Waals surface area contributed by atoms with Gasteiger partial charge in [0.2, 0.25) is 5.95 Å². The zero-order chi connectivity index (χ0) is 18.8. The summed E-state index contributed by atoms with van der Waals surface area (Å²) in [6.07, 6.45) is 3.42. The smallest absolute Gasteiger partial charge is 0.269 e. The average Bonchev–Trinajstić information content (AvgIpc) is 2.90. The number of hydrogen-bond acceptors (Lipinski definition) is 7. The molecule has 7 nitrogen and oxygen atoms in total. The van der Waals surface area contributed by atoms with Crippen LogP contribution in [0.5, 0.6) is 0 Å². The molecule has 3 aromatic rings. The molecule has 26 heavy (non-hydrogen) atoms. The van der Waals surface area contributed by atoms with Crippen molar-refractivity contribution in [1.82, 2.24) is 15.0 Å². The zero-order valence-corrected chi connectivity index (χ0v) is 15.7. The molecule has 0 saturated heterocycles. The first-order valence-corrected chi connectivity index (χ1v) is 9.12. The second-order valence-corrected chi connectivity index (χ2v) is 7.50. The van der Waals surface area contributed by atoms with Crippen LogP contribution in [0, 0.1) is 6.92 Å². The fourth-order valence-corrected chi connectivity index (χ4v) is 3.93. The van der Waals surface area contributed by atoms with E-state index >= 15 is 0 Å². The van der Waals surface area contributed by atoms with Crippen LogP contribution in [0.1, 0.15) is 46.4 Å². The van der Waals surface area contributed by atoms with E-state index in [-0.39, 0.29) is 11.7 Å². The molecule has 0 aliphatic heterocycles. The minimum atomic E-state index is -0.598. The predicted octanol–water partition coefficient (Wildman–Crippen LogP) is 2.59. The molecule has 0 aromatic carbocycles. The van der Waals surface area contributed by atoms with Crippen molar-refractivity contribution in [3.8, 4) is 0 Å². The van der Waals surface area contributed by atoms with Crippen LogP contribution in [0.4, 0.5) is 5.95 Å². The molecule has 0 spiro atoms. The number of anilines is 1. The lowest BCUT2D eigenvalue weighted by Gasteiger charge is -2.14. The Hall–Kier alpha value is -2.58. The van der Waals surface area contributed by atoms with Gasteiger partial charge >= 0.3 is 0 Å². The molecule has 3 heterocycles. The van der Waals surface area contributed by atoms with Gasteiger partial charge in [-0.3, -0.25) is 9.78 Å². The Morgan fingerprint density at radius 2 is 2.15 bits per heavy atom. The van der Waals surface area contributed by atoms with Gasteiger partial charge in [-0.05, 0) is 38.0 Å². The minimum Gasteiger partial charge on any atom is -0.393 e. The van der Waals surface area contributed by atoms with Gasteiger partial charge in [-0.2, -0.15) is 0 Å². The number of nitrogens with zero attached hydrogens (tertiary/aromatic N) is 3. The summed E-state index contributed by atoms with van der Waals surface area (Å²) in [6, 6.07) is 3.71. The van der Waals surface area contributed by atoms with Crippen LogP contribution in [0.3, 0.4) is 0 Å². The molecule has 0 radical (unpaired) electrons. The molecule has 4 N–H and O–H groups in total. The fourth-order valence-electron chi connectivity index (χ4n) is 2.81. The van der Waals surface area contributed by atoms with Crippen LogP contribution < -0.4 is 11.1 Å². The number of nitrogens with two attached hydrogens (primary N) is 1. The number of aromatic nitrogens is 3. The fraction of sp³-hybridized carbons (Fsp3) is 0.333. The van der Waals surface area contributed by atoms with Gasteiger partial charge in [-0.15, -0.1) is 11.3 Å². The molecule has 136 valence electrons. The third-order valence-electron chi connectivity index (χ3n) is 4.09. The number of carbonyl (C=O) groups excluding carboxylic acids is 1. The van der Waals surface area contributed by atoms with Gasteiger partial charge in [-0.25, -0.2) is 9.97 Å². The Morgan fingerprint density at radius 1 is 1.38 bits per heavy atom. The number of hydrogen-bond donors (Lipinski definition) is 3. The Bertz CT molecular complexity index is 940. The average molecular weight is 371 g/mol. The summed E-state index contributed by atoms with van der Waals surface area (Å²) in [5.74, 6) is -0.272. The van der Waals surface area contributed by atoms with Crippen molar-refractivity contribution in [3.63, 3.8) is 0 Å². The monoisotopic (exact) mass is 371 g/mol. The van der Waals surface area contributed by atoms with Gasteiger partial charge < -0.3 is 16.2 Å². The highest BCUT2D eigenvalue weighted by molar-refractivity contribution is 7.19. The Morgan fingerprint density at radius 3 is 2.77 bits per heavy atom. The highest BCUT2D eigenvalue weighted by Gasteiger charge is 2.21. The summed E-state index contributed by atoms with van der Waals surface area (Å²) in [5, 5.41) is 13.0. The van der Waals surface area contributed by atoms with Crippen molar-refractivity contribution in [2.75, 3.05) is 5.32 Å². The predicted molar refractivity (Wildman–Crippen MR) is 102 cm³/mol. The van der Waals surface area contributed by atoms with Crippen LogP contribution in [0.15, 0.2) is 24.5 Å². The number of aliphatic hydroxyl groups is 1. The number of nitrogens with one attached hydrogen (secondary N) is 1. The lowest BCUT2D eigenvalue weighted by Crippen LogP contribution is -2.17. The molecule has 0 aliphatic carbocycles. The van der Waals surface area contributed by atoms with Crippen molar-refractivity contribution in [3.05, 3.63) is 46.2 Å². The third-order valence-corrected chi connectivity index (χ3v) is 5.24. The summed E-state index contributed by atoms with van der Waals surface area (Å²) >= 11 is 1.42. The lowest BCUT2D eigenvalue weighted by atomic mass is 10.1. The van der Waals surface area contributed by atoms with Crippen LogP contribution in [0.2, 0.25) is 0 Å². The van der Waals surface area contributed by atoms with Crippen LogP contribution in [0.25, 0.3) is 10.2 Å². The molecular weight excluding hydrogens is 350 g/mol. The molecule has 3 rings (SSSR count). The van der Waals surface area contributed by atoms with E-state index in [0.29, 0.717) is 22.6 Å². The molecule has 1 amide bonds. The molecule has 0 saturated carbocycles. The summed E-state index contributed by atoms with van der Waals surface area (Å²) < 4.78 is 0.658. The molecule has 2 atom stereocenters. The Kier molecular flexibility index (Phi) is 5.15. The maximum atomic E-state index is 11.9. The van der Waals surface area contributed by atoms with E-state index in [2.05, 4.69) is 20.3 Å². The molecule has 0 unspecified atom stereocenters. The van der Waals surface area contributed by atoms with Crippen molar-refractivity contribution in [1.29, 1.82) is 0 Å². The molecule has 0 fully saturated rings. The summed E-state index contributed by atoms with van der Waals surface area (Å²) in [5.41, 5.74) is 8.29. The van der Waals surface area contributed by atoms with E-state index in [0.717, 1.165) is 16.0 Å². The normalized spacial score (nSPS) is 13.5. The van der Waals surface area contributed by atoms with Gasteiger partial charge in [0.15, 0.2) is 5.69 Å². The first kappa shape index (κ1) is 18.2. The SMILES string of the molecule is Cc1sc2c(C(N)=O)nc(N[C@@H](C)c3cccnc3)nc2c1C[C@H](C)O. The van der Waals surface area contributed by atoms with E-state index in [1.54, 1.807) is 19.3 Å². The molecule has 0 aliphatic rings. The number of thiophene rings is 1. The third kappa shape index (κ3) is 3.66. The number of primary amides is 1. The maximum Gasteiger partial charge on any atom is 0.269 e. The largest absolute Gasteiger partial charge is 0.393 e. The highest BCUT2D eigenvalue weighted by Crippen LogP contribution is 2.33. The summed E-state index contributed by atoms with van der Waals surface area (Å²) in [4.78, 5) is 26.0. The maximum absolute atomic E-state index is 11.9. The summed E-state index contributed by atoms with van der Waals surface area (Å²) in [6.45, 7) is 5.63. The van der Waals surface area contributed by atoms with Gasteiger partial charge in [0, 0.05) is 23.7 Å². The standard InChI is InChI=1S/C18H21N5O2S/c1-9(24)7-13-11(3)26-16-14(13)22-18(23-15(16)17(19)25)21-10(2)12-5-4-6-20-8-12/h4-6,8-10,24H,7H2,1-3H3,(H2,19,25)(H,21,22,23)/t9-,10-/m0/s1. The first-order chi connectivity index (χ1) is 12.4. The number of pyridine rings is 1. The molecule has 0 bridgehead atoms. The molecule has 8 heteroatoms. The number of aryl methyl sites for hydroxylation is 1. The van der Waals surface area contributed by atoms with Crippen molar-refractivity contribution < 1.29 is 9.90 Å². The second-order valence-electron chi connectivity index (χ2n) is 6.28. The van der Waals surface area contributed by atoms with Crippen molar-refractivity contribution >= 4 is 33.4 Å². The number of aliphatic hydroxyl groups excluding tert-OH is 1. The number of fused-ring (bicyclic) bond motifs is 1. The van der Waals surface area contributed by atoms with Gasteiger partial charge in [0.05, 0.1) is 22.4 Å². The Labute approximate surface area is 155 Å². The van der Waals surface area contributed by atoms with E-state index in [1.807, 2.05) is 26.0 Å². The van der Waals surface area contributed by atoms with Gasteiger partial charge in [-0.1, -0.05) is 6.07 Å². The van der Waals surface area contributed by atoms with Gasteiger partial charge in [0.1, 0.15) is 0 Å². The van der Waals surface area contributed by atoms with Crippen LogP contribution in [-0.2, 0) is 6.42 Å². The van der Waals surface area contributed by atoms with Crippen LogP contribution in [-0.4, -0.2) is 32.1 Å². The lowest BCUT2D eigenvalue weighted by molar-refractivity contribution is 0.0997. The summed E-state index contributed by atoms with van der Waals surface area (Å²) in [7, 11) is 0. The van der Waals surface area contributed by atoms with E-state index in [4.69, 9.17) is 5.73 Å². The molecular formula is C18H21N5O2S. The number of rotatable bonds is 6. The highest BCUT2D eigenvalue weighted by atomic mass is 32.1. The first-order valence-electron chi connectivity index (χ1n) is 8.31. The topological polar surface area (TPSA) is 114 Å². The number of amides is 1. The Balaban J connectivity index is 2.07. The van der Waals surface area contributed by atoms with Gasteiger partial charge in [0.25, 0.3) is 5.91 Å². The number of carbonyl (C=O) groups is 1. The zero-order valence-electron chi connectivity index (χ0n) is 14.9. The van der Waals surface area contributed by atoms with E-state index < -0.39 is 12.0 Å². The molecule has 3 aromatic heterocycles. The van der Waals surface area contributed by atoms with E-state index in [9.17, 15) is 9.90 Å². The van der Waals surface area contributed by atoms with E-state index in [1.165, 1.54) is 11.3 Å². The van der Waals surface area contributed by atoms with Crippen molar-refractivity contribution in [2.45, 2.75) is 39.3 Å². The second kappa shape index (κ2) is 7.35. The quantitative estimate of drug-likeness (QED) is 0.614. The van der Waals surface area contributed by atoms with Crippen molar-refractivity contribution in [2.24, 2.45) is 5.73 Å².